The van der Waals surface area contributed by atoms with Gasteiger partial charge in [0.2, 0.25) is 11.8 Å². The van der Waals surface area contributed by atoms with Crippen LogP contribution in [-0.4, -0.2) is 24.4 Å². The van der Waals surface area contributed by atoms with Crippen LogP contribution in [0.15, 0.2) is 60.7 Å². The maximum absolute atomic E-state index is 12.4. The van der Waals surface area contributed by atoms with E-state index in [1.54, 1.807) is 0 Å². The minimum atomic E-state index is -0.449. The van der Waals surface area contributed by atoms with Gasteiger partial charge in [0.05, 0.1) is 0 Å². The van der Waals surface area contributed by atoms with Crippen LogP contribution in [0.1, 0.15) is 51.2 Å². The normalized spacial score (nSPS) is 12.5. The van der Waals surface area contributed by atoms with Gasteiger partial charge in [0, 0.05) is 30.3 Å². The van der Waals surface area contributed by atoms with Gasteiger partial charge in [-0.3, -0.25) is 9.59 Å². The molecule has 4 heteroatoms. The highest BCUT2D eigenvalue weighted by atomic mass is 16.2. The van der Waals surface area contributed by atoms with E-state index in [2.05, 4.69) is 34.9 Å². The van der Waals surface area contributed by atoms with Crippen molar-refractivity contribution in [3.63, 3.8) is 0 Å². The van der Waals surface area contributed by atoms with Crippen molar-refractivity contribution >= 4 is 11.8 Å². The van der Waals surface area contributed by atoms with Crippen LogP contribution in [0.5, 0.6) is 0 Å². The molecule has 2 aromatic carbocycles. The van der Waals surface area contributed by atoms with Gasteiger partial charge >= 0.3 is 0 Å². The van der Waals surface area contributed by atoms with Crippen molar-refractivity contribution in [2.75, 3.05) is 6.54 Å². The highest BCUT2D eigenvalue weighted by Crippen LogP contribution is 2.27. The topological polar surface area (TPSA) is 58.2 Å². The Morgan fingerprint density at radius 1 is 0.889 bits per heavy atom. The first-order chi connectivity index (χ1) is 12.8. The van der Waals surface area contributed by atoms with Crippen molar-refractivity contribution in [1.29, 1.82) is 0 Å². The van der Waals surface area contributed by atoms with Crippen LogP contribution in [-0.2, 0) is 9.59 Å². The standard InChI is InChI=1S/C23H30N2O2/c1-17(25-20(26)15-16-24-22(27)23(2,3)4)21(18-11-7-5-8-12-18)19-13-9-6-10-14-19/h5-14,17,21H,15-16H2,1-4H3,(H,24,27)(H,25,26). The minimum Gasteiger partial charge on any atom is -0.355 e. The molecule has 0 heterocycles. The zero-order chi connectivity index (χ0) is 19.9. The third-order valence-corrected chi connectivity index (χ3v) is 4.52. The fourth-order valence-corrected chi connectivity index (χ4v) is 3.05. The first kappa shape index (κ1) is 20.7. The SMILES string of the molecule is CC(NC(=O)CCNC(=O)C(C)(C)C)C(c1ccccc1)c1ccccc1. The van der Waals surface area contributed by atoms with Crippen LogP contribution in [0.3, 0.4) is 0 Å². The van der Waals surface area contributed by atoms with Crippen LogP contribution in [0.4, 0.5) is 0 Å². The molecule has 0 spiro atoms. The van der Waals surface area contributed by atoms with E-state index in [0.717, 1.165) is 11.1 Å². The molecule has 0 aliphatic carbocycles. The van der Waals surface area contributed by atoms with E-state index >= 15 is 0 Å². The summed E-state index contributed by atoms with van der Waals surface area (Å²) >= 11 is 0. The van der Waals surface area contributed by atoms with Crippen LogP contribution < -0.4 is 10.6 Å². The van der Waals surface area contributed by atoms with Crippen molar-refractivity contribution in [2.45, 2.75) is 46.1 Å². The van der Waals surface area contributed by atoms with E-state index in [-0.39, 0.29) is 30.2 Å². The Hall–Kier alpha value is -2.62. The first-order valence-corrected chi connectivity index (χ1v) is 9.46. The molecule has 0 aliphatic heterocycles. The number of nitrogens with one attached hydrogen (secondary N) is 2. The van der Waals surface area contributed by atoms with E-state index in [0.29, 0.717) is 6.54 Å². The van der Waals surface area contributed by atoms with Gasteiger partial charge in [-0.1, -0.05) is 81.4 Å². The molecule has 0 bridgehead atoms. The Kier molecular flexibility index (Phi) is 7.17. The number of benzene rings is 2. The lowest BCUT2D eigenvalue weighted by Crippen LogP contribution is -2.40. The first-order valence-electron chi connectivity index (χ1n) is 9.46. The molecular weight excluding hydrogens is 336 g/mol. The van der Waals surface area contributed by atoms with Crippen molar-refractivity contribution in [3.05, 3.63) is 71.8 Å². The largest absolute Gasteiger partial charge is 0.355 e. The molecule has 1 unspecified atom stereocenters. The quantitative estimate of drug-likeness (QED) is 0.781. The maximum Gasteiger partial charge on any atom is 0.225 e. The summed E-state index contributed by atoms with van der Waals surface area (Å²) in [5.74, 6) is -0.0381. The monoisotopic (exact) mass is 366 g/mol. The van der Waals surface area contributed by atoms with Crippen LogP contribution >= 0.6 is 0 Å². The maximum atomic E-state index is 12.4. The van der Waals surface area contributed by atoms with Crippen molar-refractivity contribution in [3.8, 4) is 0 Å². The summed E-state index contributed by atoms with van der Waals surface area (Å²) in [6.07, 6.45) is 0.266. The average Bonchev–Trinajstić information content (AvgIpc) is 2.62. The summed E-state index contributed by atoms with van der Waals surface area (Å²) in [5.41, 5.74) is 1.88. The zero-order valence-electron chi connectivity index (χ0n) is 16.7. The van der Waals surface area contributed by atoms with Gasteiger partial charge in [0.25, 0.3) is 0 Å². The predicted molar refractivity (Wildman–Crippen MR) is 109 cm³/mol. The van der Waals surface area contributed by atoms with Gasteiger partial charge in [-0.2, -0.15) is 0 Å². The molecule has 2 rings (SSSR count). The molecule has 2 N–H and O–H groups in total. The Morgan fingerprint density at radius 2 is 1.37 bits per heavy atom. The summed E-state index contributed by atoms with van der Waals surface area (Å²) < 4.78 is 0. The van der Waals surface area contributed by atoms with Gasteiger partial charge in [-0.05, 0) is 18.1 Å². The molecule has 4 nitrogen and oxygen atoms in total. The molecule has 0 saturated heterocycles. The fraction of sp³-hybridized carbons (Fsp3) is 0.391. The summed E-state index contributed by atoms with van der Waals surface area (Å²) in [4.78, 5) is 24.3. The summed E-state index contributed by atoms with van der Waals surface area (Å²) in [6.45, 7) is 7.94. The van der Waals surface area contributed by atoms with Gasteiger partial charge in [-0.15, -0.1) is 0 Å². The summed E-state index contributed by atoms with van der Waals surface area (Å²) in [5, 5.41) is 5.92. The van der Waals surface area contributed by atoms with Crippen molar-refractivity contribution in [2.24, 2.45) is 5.41 Å². The smallest absolute Gasteiger partial charge is 0.225 e. The molecular formula is C23H30N2O2. The molecule has 0 saturated carbocycles. The van der Waals surface area contributed by atoms with E-state index in [9.17, 15) is 9.59 Å². The number of rotatable bonds is 7. The fourth-order valence-electron chi connectivity index (χ4n) is 3.05. The predicted octanol–water partition coefficient (Wildman–Crippen LogP) is 3.88. The average molecular weight is 367 g/mol. The molecule has 0 aromatic heterocycles. The number of carbonyl (C=O) groups is 2. The highest BCUT2D eigenvalue weighted by molar-refractivity contribution is 5.82. The van der Waals surface area contributed by atoms with Gasteiger partial charge in [-0.25, -0.2) is 0 Å². The van der Waals surface area contributed by atoms with Gasteiger partial charge in [0.15, 0.2) is 0 Å². The van der Waals surface area contributed by atoms with Crippen LogP contribution in [0, 0.1) is 5.41 Å². The van der Waals surface area contributed by atoms with E-state index < -0.39 is 5.41 Å². The lowest BCUT2D eigenvalue weighted by atomic mass is 9.86. The number of hydrogen-bond acceptors (Lipinski definition) is 2. The van der Waals surface area contributed by atoms with Crippen molar-refractivity contribution < 1.29 is 9.59 Å². The third kappa shape index (κ3) is 6.24. The minimum absolute atomic E-state index is 0.0465. The van der Waals surface area contributed by atoms with Gasteiger partial charge in [0.1, 0.15) is 0 Å². The Morgan fingerprint density at radius 3 is 1.81 bits per heavy atom. The number of amides is 2. The summed E-state index contributed by atoms with van der Waals surface area (Å²) in [7, 11) is 0. The van der Waals surface area contributed by atoms with E-state index in [1.807, 2.05) is 64.1 Å². The van der Waals surface area contributed by atoms with E-state index in [4.69, 9.17) is 0 Å². The Balaban J connectivity index is 2.01. The summed E-state index contributed by atoms with van der Waals surface area (Å²) in [6, 6.07) is 20.3. The molecule has 27 heavy (non-hydrogen) atoms. The van der Waals surface area contributed by atoms with E-state index in [1.165, 1.54) is 0 Å². The second-order valence-corrected chi connectivity index (χ2v) is 7.91. The molecule has 144 valence electrons. The molecule has 2 aromatic rings. The molecule has 0 fully saturated rings. The molecule has 2 amide bonds. The highest BCUT2D eigenvalue weighted by Gasteiger charge is 2.23. The van der Waals surface area contributed by atoms with Crippen molar-refractivity contribution in [1.82, 2.24) is 10.6 Å². The molecule has 1 atom stereocenters. The lowest BCUT2D eigenvalue weighted by Gasteiger charge is -2.26. The second-order valence-electron chi connectivity index (χ2n) is 7.91. The Bertz CT molecular complexity index is 696. The van der Waals surface area contributed by atoms with Crippen LogP contribution in [0.25, 0.3) is 0 Å². The molecule has 0 radical (unpaired) electrons. The number of carbonyl (C=O) groups excluding carboxylic acids is 2. The lowest BCUT2D eigenvalue weighted by molar-refractivity contribution is -0.128. The van der Waals surface area contributed by atoms with Crippen LogP contribution in [0.2, 0.25) is 0 Å². The number of hydrogen-bond donors (Lipinski definition) is 2. The zero-order valence-corrected chi connectivity index (χ0v) is 16.7. The van der Waals surface area contributed by atoms with Gasteiger partial charge < -0.3 is 10.6 Å². The second kappa shape index (κ2) is 9.36. The Labute approximate surface area is 162 Å². The molecule has 0 aliphatic rings. The third-order valence-electron chi connectivity index (χ3n) is 4.52.